The number of aliphatic carboxylic acids is 1. The van der Waals surface area contributed by atoms with Crippen LogP contribution in [0.2, 0.25) is 0 Å². The number of carbonyl (C=O) groups is 1. The first-order chi connectivity index (χ1) is 5.70. The Morgan fingerprint density at radius 3 is 2.67 bits per heavy atom. The maximum absolute atomic E-state index is 10.5. The normalized spacial score (nSPS) is 22.1. The Morgan fingerprint density at radius 1 is 1.58 bits per heavy atom. The summed E-state index contributed by atoms with van der Waals surface area (Å²) in [5.74, 6) is -0.948. The third-order valence-electron chi connectivity index (χ3n) is 2.16. The van der Waals surface area contributed by atoms with Crippen molar-refractivity contribution in [2.24, 2.45) is 5.92 Å². The van der Waals surface area contributed by atoms with E-state index in [-0.39, 0.29) is 5.92 Å². The van der Waals surface area contributed by atoms with Crippen molar-refractivity contribution in [3.05, 3.63) is 0 Å². The molecule has 1 fully saturated rings. The molecule has 0 aliphatic carbocycles. The lowest BCUT2D eigenvalue weighted by molar-refractivity contribution is -0.141. The molecule has 0 aromatic carbocycles. The van der Waals surface area contributed by atoms with E-state index in [2.05, 4.69) is 10.2 Å². The van der Waals surface area contributed by atoms with Crippen LogP contribution in [0.15, 0.2) is 0 Å². The van der Waals surface area contributed by atoms with E-state index in [1.807, 2.05) is 0 Å². The summed E-state index contributed by atoms with van der Waals surface area (Å²) >= 11 is 0. The topological polar surface area (TPSA) is 52.6 Å². The Hall–Kier alpha value is -0.610. The number of nitrogens with zero attached hydrogens (tertiary/aromatic N) is 1. The van der Waals surface area contributed by atoms with Crippen molar-refractivity contribution in [3.63, 3.8) is 0 Å². The fourth-order valence-electron chi connectivity index (χ4n) is 1.36. The molecule has 0 bridgehead atoms. The summed E-state index contributed by atoms with van der Waals surface area (Å²) in [6.07, 6.45) is 0. The Kier molecular flexibility index (Phi) is 3.49. The van der Waals surface area contributed by atoms with E-state index in [1.165, 1.54) is 0 Å². The Morgan fingerprint density at radius 2 is 2.17 bits per heavy atom. The van der Waals surface area contributed by atoms with E-state index in [1.54, 1.807) is 6.92 Å². The number of rotatable bonds is 3. The van der Waals surface area contributed by atoms with Crippen LogP contribution in [0.5, 0.6) is 0 Å². The predicted octanol–water partition coefficient (Wildman–Crippen LogP) is -0.388. The van der Waals surface area contributed by atoms with E-state index >= 15 is 0 Å². The molecule has 1 saturated heterocycles. The maximum atomic E-state index is 10.5. The molecule has 0 saturated carbocycles. The van der Waals surface area contributed by atoms with Crippen LogP contribution in [0.3, 0.4) is 0 Å². The van der Waals surface area contributed by atoms with Gasteiger partial charge >= 0.3 is 5.97 Å². The standard InChI is InChI=1S/C8H16N2O2/c1-7(8(11)12)6-10-4-2-9-3-5-10/h7,9H,2-6H2,1H3,(H,11,12). The van der Waals surface area contributed by atoms with E-state index in [0.717, 1.165) is 26.2 Å². The predicted molar refractivity (Wildman–Crippen MR) is 46.1 cm³/mol. The fraction of sp³-hybridized carbons (Fsp3) is 0.875. The molecule has 12 heavy (non-hydrogen) atoms. The fourth-order valence-corrected chi connectivity index (χ4v) is 1.36. The van der Waals surface area contributed by atoms with Gasteiger partial charge < -0.3 is 10.4 Å². The molecule has 4 heteroatoms. The highest BCUT2D eigenvalue weighted by atomic mass is 16.4. The molecule has 2 N–H and O–H groups in total. The second-order valence-corrected chi connectivity index (χ2v) is 3.29. The van der Waals surface area contributed by atoms with Crippen molar-refractivity contribution in [2.75, 3.05) is 32.7 Å². The number of hydrogen-bond acceptors (Lipinski definition) is 3. The van der Waals surface area contributed by atoms with Gasteiger partial charge in [-0.1, -0.05) is 6.92 Å². The number of piperazine rings is 1. The Bertz CT molecular complexity index is 155. The molecule has 1 atom stereocenters. The highest BCUT2D eigenvalue weighted by Gasteiger charge is 2.17. The van der Waals surface area contributed by atoms with E-state index in [4.69, 9.17) is 5.11 Å². The molecule has 0 aromatic heterocycles. The van der Waals surface area contributed by atoms with Gasteiger partial charge in [0.15, 0.2) is 0 Å². The third kappa shape index (κ3) is 2.79. The highest BCUT2D eigenvalue weighted by molar-refractivity contribution is 5.69. The average molecular weight is 172 g/mol. The molecule has 1 aliphatic rings. The van der Waals surface area contributed by atoms with Crippen LogP contribution in [0.4, 0.5) is 0 Å². The van der Waals surface area contributed by atoms with Gasteiger partial charge in [-0.15, -0.1) is 0 Å². The van der Waals surface area contributed by atoms with Crippen molar-refractivity contribution < 1.29 is 9.90 Å². The van der Waals surface area contributed by atoms with Gasteiger partial charge in [0.25, 0.3) is 0 Å². The molecule has 1 unspecified atom stereocenters. The minimum atomic E-state index is -0.700. The summed E-state index contributed by atoms with van der Waals surface area (Å²) in [5.41, 5.74) is 0. The lowest BCUT2D eigenvalue weighted by Crippen LogP contribution is -2.45. The molecule has 0 aromatic rings. The highest BCUT2D eigenvalue weighted by Crippen LogP contribution is 2.00. The van der Waals surface area contributed by atoms with Crippen LogP contribution in [0.25, 0.3) is 0 Å². The van der Waals surface area contributed by atoms with Crippen molar-refractivity contribution in [1.82, 2.24) is 10.2 Å². The number of hydrogen-bond donors (Lipinski definition) is 2. The number of carboxylic acids is 1. The van der Waals surface area contributed by atoms with Crippen LogP contribution < -0.4 is 5.32 Å². The zero-order valence-corrected chi connectivity index (χ0v) is 7.42. The van der Waals surface area contributed by atoms with Gasteiger partial charge in [0, 0.05) is 32.7 Å². The lowest BCUT2D eigenvalue weighted by Gasteiger charge is -2.28. The molecule has 0 spiro atoms. The van der Waals surface area contributed by atoms with E-state index in [0.29, 0.717) is 6.54 Å². The number of nitrogens with one attached hydrogen (secondary N) is 1. The summed E-state index contributed by atoms with van der Waals surface area (Å²) < 4.78 is 0. The Labute approximate surface area is 72.6 Å². The first kappa shape index (κ1) is 9.48. The first-order valence-electron chi connectivity index (χ1n) is 4.36. The van der Waals surface area contributed by atoms with Gasteiger partial charge in [-0.3, -0.25) is 9.69 Å². The second-order valence-electron chi connectivity index (χ2n) is 3.29. The molecule has 1 heterocycles. The van der Waals surface area contributed by atoms with Crippen molar-refractivity contribution >= 4 is 5.97 Å². The van der Waals surface area contributed by atoms with Crippen molar-refractivity contribution in [2.45, 2.75) is 6.92 Å². The summed E-state index contributed by atoms with van der Waals surface area (Å²) in [7, 11) is 0. The SMILES string of the molecule is CC(CN1CCNCC1)C(=O)O. The quantitative estimate of drug-likeness (QED) is 0.609. The minimum Gasteiger partial charge on any atom is -0.481 e. The van der Waals surface area contributed by atoms with Crippen LogP contribution in [0, 0.1) is 5.92 Å². The van der Waals surface area contributed by atoms with Gasteiger partial charge in [0.05, 0.1) is 5.92 Å². The molecule has 0 radical (unpaired) electrons. The lowest BCUT2D eigenvalue weighted by atomic mass is 10.1. The largest absolute Gasteiger partial charge is 0.481 e. The van der Waals surface area contributed by atoms with Gasteiger partial charge in [0.2, 0.25) is 0 Å². The zero-order chi connectivity index (χ0) is 8.97. The van der Waals surface area contributed by atoms with Crippen LogP contribution in [-0.2, 0) is 4.79 Å². The van der Waals surface area contributed by atoms with Crippen LogP contribution in [0.1, 0.15) is 6.92 Å². The number of carboxylic acid groups (broad SMARTS) is 1. The minimum absolute atomic E-state index is 0.247. The zero-order valence-electron chi connectivity index (χ0n) is 7.42. The molecule has 1 aliphatic heterocycles. The summed E-state index contributed by atoms with van der Waals surface area (Å²) in [4.78, 5) is 12.7. The van der Waals surface area contributed by atoms with E-state index in [9.17, 15) is 4.79 Å². The van der Waals surface area contributed by atoms with Crippen LogP contribution in [-0.4, -0.2) is 48.7 Å². The van der Waals surface area contributed by atoms with E-state index < -0.39 is 5.97 Å². The van der Waals surface area contributed by atoms with Crippen molar-refractivity contribution in [3.8, 4) is 0 Å². The first-order valence-corrected chi connectivity index (χ1v) is 4.36. The molecule has 1 rings (SSSR count). The maximum Gasteiger partial charge on any atom is 0.307 e. The molecule has 0 amide bonds. The summed E-state index contributed by atoms with van der Waals surface area (Å²) in [5, 5.41) is 11.9. The Balaban J connectivity index is 2.24. The summed E-state index contributed by atoms with van der Waals surface area (Å²) in [6, 6.07) is 0. The van der Waals surface area contributed by atoms with Gasteiger partial charge in [-0.05, 0) is 0 Å². The molecular weight excluding hydrogens is 156 g/mol. The smallest absolute Gasteiger partial charge is 0.307 e. The van der Waals surface area contributed by atoms with Gasteiger partial charge in [-0.25, -0.2) is 0 Å². The van der Waals surface area contributed by atoms with Crippen molar-refractivity contribution in [1.29, 1.82) is 0 Å². The van der Waals surface area contributed by atoms with Gasteiger partial charge in [-0.2, -0.15) is 0 Å². The average Bonchev–Trinajstić information content (AvgIpc) is 2.06. The van der Waals surface area contributed by atoms with Gasteiger partial charge in [0.1, 0.15) is 0 Å². The monoisotopic (exact) mass is 172 g/mol. The van der Waals surface area contributed by atoms with Crippen LogP contribution >= 0.6 is 0 Å². The summed E-state index contributed by atoms with van der Waals surface area (Å²) in [6.45, 7) is 6.33. The second kappa shape index (κ2) is 4.42. The molecule has 70 valence electrons. The molecular formula is C8H16N2O2. The molecule has 4 nitrogen and oxygen atoms in total. The third-order valence-corrected chi connectivity index (χ3v) is 2.16.